The predicted molar refractivity (Wildman–Crippen MR) is 71.7 cm³/mol. The van der Waals surface area contributed by atoms with E-state index in [1.807, 2.05) is 17.9 Å². The third kappa shape index (κ3) is 2.42. The average Bonchev–Trinajstić information content (AvgIpc) is 2.76. The van der Waals surface area contributed by atoms with Crippen LogP contribution in [0.1, 0.15) is 30.6 Å². The minimum Gasteiger partial charge on any atom is -0.493 e. The van der Waals surface area contributed by atoms with Gasteiger partial charge in [-0.2, -0.15) is 0 Å². The number of hydrogen-bond acceptors (Lipinski definition) is 3. The van der Waals surface area contributed by atoms with Crippen LogP contribution in [-0.2, 0) is 0 Å². The van der Waals surface area contributed by atoms with E-state index < -0.39 is 0 Å². The van der Waals surface area contributed by atoms with Crippen molar-refractivity contribution in [2.75, 3.05) is 25.4 Å². The van der Waals surface area contributed by atoms with E-state index in [1.54, 1.807) is 12.1 Å². The smallest absolute Gasteiger partial charge is 0.259 e. The predicted octanol–water partition coefficient (Wildman–Crippen LogP) is 2.15. The van der Waals surface area contributed by atoms with Crippen LogP contribution in [0.4, 0.5) is 5.69 Å². The highest BCUT2D eigenvalue weighted by Gasteiger charge is 2.27. The lowest BCUT2D eigenvalue weighted by atomic mass is 10.1. The summed E-state index contributed by atoms with van der Waals surface area (Å²) in [5.41, 5.74) is 6.93. The number of nitrogens with zero attached hydrogens (tertiary/aromatic N) is 1. The maximum absolute atomic E-state index is 12.5. The monoisotopic (exact) mass is 248 g/mol. The van der Waals surface area contributed by atoms with Crippen molar-refractivity contribution in [1.82, 2.24) is 4.90 Å². The van der Waals surface area contributed by atoms with Crippen molar-refractivity contribution < 1.29 is 9.53 Å². The fraction of sp³-hybridized carbons (Fsp3) is 0.500. The summed E-state index contributed by atoms with van der Waals surface area (Å²) in [7, 11) is 0. The van der Waals surface area contributed by atoms with Gasteiger partial charge in [0.2, 0.25) is 0 Å². The highest BCUT2D eigenvalue weighted by atomic mass is 16.5. The molecule has 0 radical (unpaired) electrons. The molecule has 1 amide bonds. The molecule has 1 aromatic carbocycles. The lowest BCUT2D eigenvalue weighted by Crippen LogP contribution is -2.29. The first-order valence-corrected chi connectivity index (χ1v) is 6.44. The van der Waals surface area contributed by atoms with Crippen LogP contribution in [0.5, 0.6) is 5.75 Å². The Labute approximate surface area is 108 Å². The largest absolute Gasteiger partial charge is 0.493 e. The number of anilines is 1. The van der Waals surface area contributed by atoms with Crippen molar-refractivity contribution in [1.29, 1.82) is 0 Å². The van der Waals surface area contributed by atoms with Gasteiger partial charge in [0.15, 0.2) is 0 Å². The number of amides is 1. The van der Waals surface area contributed by atoms with Gasteiger partial charge in [-0.3, -0.25) is 4.79 Å². The van der Waals surface area contributed by atoms with Gasteiger partial charge in [0.1, 0.15) is 11.3 Å². The maximum atomic E-state index is 12.5. The quantitative estimate of drug-likeness (QED) is 0.834. The molecule has 1 aliphatic rings. The van der Waals surface area contributed by atoms with Crippen molar-refractivity contribution >= 4 is 11.6 Å². The van der Waals surface area contributed by atoms with E-state index in [0.29, 0.717) is 29.5 Å². The fourth-order valence-corrected chi connectivity index (χ4v) is 2.33. The van der Waals surface area contributed by atoms with Crippen LogP contribution in [0.3, 0.4) is 0 Å². The molecule has 0 aliphatic carbocycles. The molecule has 1 fully saturated rings. The molecular formula is C14H20N2O2. The summed E-state index contributed by atoms with van der Waals surface area (Å²) < 4.78 is 5.50. The number of ether oxygens (including phenoxy) is 1. The van der Waals surface area contributed by atoms with Gasteiger partial charge in [-0.1, -0.05) is 13.0 Å². The van der Waals surface area contributed by atoms with E-state index >= 15 is 0 Å². The number of rotatable bonds is 3. The van der Waals surface area contributed by atoms with Crippen molar-refractivity contribution in [2.24, 2.45) is 5.92 Å². The zero-order valence-electron chi connectivity index (χ0n) is 11.0. The highest BCUT2D eigenvalue weighted by molar-refractivity contribution is 6.02. The third-order valence-corrected chi connectivity index (χ3v) is 3.28. The third-order valence-electron chi connectivity index (χ3n) is 3.28. The summed E-state index contributed by atoms with van der Waals surface area (Å²) in [5, 5.41) is 0. The first kappa shape index (κ1) is 12.7. The van der Waals surface area contributed by atoms with Crippen LogP contribution >= 0.6 is 0 Å². The van der Waals surface area contributed by atoms with E-state index in [9.17, 15) is 4.79 Å². The molecule has 1 aromatic rings. The number of hydrogen-bond donors (Lipinski definition) is 1. The summed E-state index contributed by atoms with van der Waals surface area (Å²) in [6, 6.07) is 5.35. The van der Waals surface area contributed by atoms with Gasteiger partial charge in [0.05, 0.1) is 6.61 Å². The summed E-state index contributed by atoms with van der Waals surface area (Å²) >= 11 is 0. The molecule has 1 heterocycles. The van der Waals surface area contributed by atoms with Crippen LogP contribution in [-0.4, -0.2) is 30.5 Å². The molecule has 0 bridgehead atoms. The first-order valence-electron chi connectivity index (χ1n) is 6.44. The standard InChI is InChI=1S/C14H20N2O2/c1-3-18-12-6-4-5-11(15)13(12)14(17)16-8-7-10(2)9-16/h4-6,10H,3,7-9,15H2,1-2H3. The van der Waals surface area contributed by atoms with E-state index in [0.717, 1.165) is 19.5 Å². The Morgan fingerprint density at radius 2 is 2.33 bits per heavy atom. The second-order valence-corrected chi connectivity index (χ2v) is 4.80. The van der Waals surface area contributed by atoms with Crippen molar-refractivity contribution in [3.05, 3.63) is 23.8 Å². The zero-order valence-corrected chi connectivity index (χ0v) is 11.0. The zero-order chi connectivity index (χ0) is 13.1. The van der Waals surface area contributed by atoms with Gasteiger partial charge in [-0.25, -0.2) is 0 Å². The molecule has 0 aromatic heterocycles. The van der Waals surface area contributed by atoms with Crippen LogP contribution < -0.4 is 10.5 Å². The summed E-state index contributed by atoms with van der Waals surface area (Å²) in [6.45, 7) is 6.19. The molecule has 98 valence electrons. The second-order valence-electron chi connectivity index (χ2n) is 4.80. The lowest BCUT2D eigenvalue weighted by Gasteiger charge is -2.19. The van der Waals surface area contributed by atoms with Crippen molar-refractivity contribution in [2.45, 2.75) is 20.3 Å². The summed E-state index contributed by atoms with van der Waals surface area (Å²) in [6.07, 6.45) is 1.06. The Kier molecular flexibility index (Phi) is 3.75. The van der Waals surface area contributed by atoms with Crippen molar-refractivity contribution in [3.8, 4) is 5.75 Å². The molecule has 18 heavy (non-hydrogen) atoms. The number of nitrogen functional groups attached to an aromatic ring is 1. The lowest BCUT2D eigenvalue weighted by molar-refractivity contribution is 0.0785. The first-order chi connectivity index (χ1) is 8.63. The Balaban J connectivity index is 2.28. The molecule has 4 nitrogen and oxygen atoms in total. The van der Waals surface area contributed by atoms with Crippen LogP contribution in [0.2, 0.25) is 0 Å². The summed E-state index contributed by atoms with van der Waals surface area (Å²) in [4.78, 5) is 14.3. The Morgan fingerprint density at radius 1 is 1.56 bits per heavy atom. The van der Waals surface area contributed by atoms with Crippen molar-refractivity contribution in [3.63, 3.8) is 0 Å². The van der Waals surface area contributed by atoms with Crippen LogP contribution in [0.15, 0.2) is 18.2 Å². The summed E-state index contributed by atoms with van der Waals surface area (Å²) in [5.74, 6) is 1.14. The molecule has 2 rings (SSSR count). The van der Waals surface area contributed by atoms with E-state index in [2.05, 4.69) is 6.92 Å². The Hall–Kier alpha value is -1.71. The van der Waals surface area contributed by atoms with Crippen LogP contribution in [0, 0.1) is 5.92 Å². The molecule has 4 heteroatoms. The minimum atomic E-state index is -0.0131. The van der Waals surface area contributed by atoms with E-state index in [4.69, 9.17) is 10.5 Å². The highest BCUT2D eigenvalue weighted by Crippen LogP contribution is 2.28. The number of carbonyl (C=O) groups is 1. The topological polar surface area (TPSA) is 55.6 Å². The van der Waals surface area contributed by atoms with E-state index in [1.165, 1.54) is 0 Å². The number of benzene rings is 1. The Morgan fingerprint density at radius 3 is 2.94 bits per heavy atom. The number of likely N-dealkylation sites (tertiary alicyclic amines) is 1. The number of nitrogens with two attached hydrogens (primary N) is 1. The van der Waals surface area contributed by atoms with E-state index in [-0.39, 0.29) is 5.91 Å². The van der Waals surface area contributed by atoms with Gasteiger partial charge in [0, 0.05) is 18.8 Å². The van der Waals surface area contributed by atoms with Gasteiger partial charge in [-0.05, 0) is 31.4 Å². The normalized spacial score (nSPS) is 19.0. The molecule has 1 atom stereocenters. The molecule has 1 saturated heterocycles. The Bertz CT molecular complexity index is 445. The number of carbonyl (C=O) groups excluding carboxylic acids is 1. The maximum Gasteiger partial charge on any atom is 0.259 e. The molecule has 0 saturated carbocycles. The molecular weight excluding hydrogens is 228 g/mol. The SMILES string of the molecule is CCOc1cccc(N)c1C(=O)N1CCC(C)C1. The van der Waals surface area contributed by atoms with Gasteiger partial charge >= 0.3 is 0 Å². The van der Waals surface area contributed by atoms with Crippen LogP contribution in [0.25, 0.3) is 0 Å². The minimum absolute atomic E-state index is 0.0131. The molecule has 2 N–H and O–H groups in total. The molecule has 1 aliphatic heterocycles. The average molecular weight is 248 g/mol. The second kappa shape index (κ2) is 5.29. The fourth-order valence-electron chi connectivity index (χ4n) is 2.33. The molecule has 1 unspecified atom stereocenters. The molecule has 0 spiro atoms. The van der Waals surface area contributed by atoms with Gasteiger partial charge in [-0.15, -0.1) is 0 Å². The van der Waals surface area contributed by atoms with Gasteiger partial charge in [0.25, 0.3) is 5.91 Å². The van der Waals surface area contributed by atoms with Gasteiger partial charge < -0.3 is 15.4 Å².